The minimum atomic E-state index is 0. The van der Waals surface area contributed by atoms with Crippen LogP contribution in [0.4, 0.5) is 0 Å². The monoisotopic (exact) mass is 300 g/mol. The lowest BCUT2D eigenvalue weighted by molar-refractivity contribution is -0.137. The lowest BCUT2D eigenvalue weighted by atomic mass is 9.97. The Labute approximate surface area is 124 Å². The van der Waals surface area contributed by atoms with Crippen LogP contribution in [0.2, 0.25) is 0 Å². The van der Waals surface area contributed by atoms with E-state index in [4.69, 9.17) is 0 Å². The molecule has 0 aliphatic carbocycles. The Balaban J connectivity index is 0.00000133. The Hall–Kier alpha value is -0.580. The molecule has 2 atom stereocenters. The molecule has 0 bridgehead atoms. The van der Waals surface area contributed by atoms with Crippen molar-refractivity contribution < 1.29 is 4.79 Å². The number of carbonyl (C=O) groups excluding carboxylic acids is 1. The maximum absolute atomic E-state index is 12.6. The van der Waals surface area contributed by atoms with E-state index >= 15 is 0 Å². The fourth-order valence-electron chi connectivity index (χ4n) is 3.14. The summed E-state index contributed by atoms with van der Waals surface area (Å²) >= 11 is 1.73. The number of thiophene rings is 1. The number of amides is 1. The van der Waals surface area contributed by atoms with Crippen molar-refractivity contribution in [1.29, 1.82) is 0 Å². The minimum Gasteiger partial charge on any atom is -0.335 e. The van der Waals surface area contributed by atoms with E-state index in [0.29, 0.717) is 11.9 Å². The zero-order valence-electron chi connectivity index (χ0n) is 11.0. The van der Waals surface area contributed by atoms with E-state index in [-0.39, 0.29) is 18.3 Å². The van der Waals surface area contributed by atoms with Gasteiger partial charge in [-0.3, -0.25) is 4.79 Å². The van der Waals surface area contributed by atoms with E-state index in [0.717, 1.165) is 45.3 Å². The Morgan fingerprint density at radius 1 is 1.37 bits per heavy atom. The van der Waals surface area contributed by atoms with Crippen molar-refractivity contribution in [3.8, 4) is 0 Å². The summed E-state index contributed by atoms with van der Waals surface area (Å²) in [5.41, 5.74) is 1.33. The second-order valence-electron chi connectivity index (χ2n) is 5.29. The van der Waals surface area contributed by atoms with Gasteiger partial charge in [0.1, 0.15) is 0 Å². The summed E-state index contributed by atoms with van der Waals surface area (Å²) in [5.74, 6) is 0.578. The van der Waals surface area contributed by atoms with Gasteiger partial charge < -0.3 is 10.2 Å². The molecular weight excluding hydrogens is 280 g/mol. The lowest BCUT2D eigenvalue weighted by Crippen LogP contribution is -2.42. The summed E-state index contributed by atoms with van der Waals surface area (Å²) in [6.45, 7) is 2.87. The smallest absolute Gasteiger partial charge is 0.227 e. The third-order valence-electron chi connectivity index (χ3n) is 4.11. The molecule has 0 spiro atoms. The first kappa shape index (κ1) is 14.8. The number of piperidine rings is 1. The third kappa shape index (κ3) is 3.12. The van der Waals surface area contributed by atoms with Gasteiger partial charge >= 0.3 is 0 Å². The zero-order chi connectivity index (χ0) is 12.4. The van der Waals surface area contributed by atoms with E-state index in [2.05, 4.69) is 27.0 Å². The highest BCUT2D eigenvalue weighted by molar-refractivity contribution is 7.07. The van der Waals surface area contributed by atoms with Gasteiger partial charge in [0.2, 0.25) is 5.91 Å². The Kier molecular flexibility index (Phi) is 5.25. The molecule has 1 N–H and O–H groups in total. The van der Waals surface area contributed by atoms with Gasteiger partial charge in [0, 0.05) is 13.1 Å². The summed E-state index contributed by atoms with van der Waals surface area (Å²) in [5, 5.41) is 7.64. The van der Waals surface area contributed by atoms with Crippen molar-refractivity contribution in [2.75, 3.05) is 19.6 Å². The number of likely N-dealkylation sites (tertiary alicyclic amines) is 1. The molecule has 3 heterocycles. The molecule has 106 valence electrons. The first-order chi connectivity index (χ1) is 8.86. The molecule has 1 aromatic rings. The molecule has 3 nitrogen and oxygen atoms in total. The fraction of sp³-hybridized carbons (Fsp3) is 0.643. The Bertz CT molecular complexity index is 404. The fourth-order valence-corrected chi connectivity index (χ4v) is 3.85. The number of nitrogens with one attached hydrogen (secondary N) is 1. The molecule has 0 saturated carbocycles. The molecule has 5 heteroatoms. The van der Waals surface area contributed by atoms with Crippen molar-refractivity contribution in [2.24, 2.45) is 5.92 Å². The van der Waals surface area contributed by atoms with Crippen LogP contribution < -0.4 is 5.32 Å². The predicted molar refractivity (Wildman–Crippen MR) is 80.8 cm³/mol. The van der Waals surface area contributed by atoms with Gasteiger partial charge in [-0.25, -0.2) is 0 Å². The van der Waals surface area contributed by atoms with Gasteiger partial charge in [-0.05, 0) is 54.6 Å². The Morgan fingerprint density at radius 2 is 2.26 bits per heavy atom. The molecule has 0 radical (unpaired) electrons. The summed E-state index contributed by atoms with van der Waals surface area (Å²) in [7, 11) is 0. The zero-order valence-corrected chi connectivity index (χ0v) is 12.6. The van der Waals surface area contributed by atoms with Crippen molar-refractivity contribution in [2.45, 2.75) is 31.7 Å². The lowest BCUT2D eigenvalue weighted by Gasteiger charge is -2.30. The van der Waals surface area contributed by atoms with Crippen LogP contribution in [-0.4, -0.2) is 30.4 Å². The summed E-state index contributed by atoms with van der Waals surface area (Å²) in [6, 6.07) is 2.51. The summed E-state index contributed by atoms with van der Waals surface area (Å²) in [4.78, 5) is 14.7. The van der Waals surface area contributed by atoms with Crippen LogP contribution in [0, 0.1) is 5.92 Å². The molecule has 2 aliphatic rings. The summed E-state index contributed by atoms with van der Waals surface area (Å²) < 4.78 is 0. The number of hydrogen-bond donors (Lipinski definition) is 1. The highest BCUT2D eigenvalue weighted by Crippen LogP contribution is 2.34. The average molecular weight is 301 g/mol. The SMILES string of the molecule is Cl.O=C(C1CCCNC1)N1CCCC1c1ccsc1. The van der Waals surface area contributed by atoms with Gasteiger partial charge in [-0.15, -0.1) is 12.4 Å². The first-order valence-corrected chi connectivity index (χ1v) is 7.84. The van der Waals surface area contributed by atoms with Gasteiger partial charge in [-0.2, -0.15) is 11.3 Å². The molecule has 3 rings (SSSR count). The highest BCUT2D eigenvalue weighted by Gasteiger charge is 2.34. The van der Waals surface area contributed by atoms with Crippen LogP contribution in [0.5, 0.6) is 0 Å². The van der Waals surface area contributed by atoms with Crippen molar-refractivity contribution in [1.82, 2.24) is 10.2 Å². The van der Waals surface area contributed by atoms with Gasteiger partial charge in [-0.1, -0.05) is 0 Å². The molecule has 2 unspecified atom stereocenters. The summed E-state index contributed by atoms with van der Waals surface area (Å²) in [6.07, 6.45) is 4.46. The van der Waals surface area contributed by atoms with Crippen LogP contribution in [0.25, 0.3) is 0 Å². The quantitative estimate of drug-likeness (QED) is 0.911. The molecule has 0 aromatic carbocycles. The predicted octanol–water partition coefficient (Wildman–Crippen LogP) is 2.83. The number of carbonyl (C=O) groups is 1. The number of rotatable bonds is 2. The van der Waals surface area contributed by atoms with Gasteiger partial charge in [0.25, 0.3) is 0 Å². The molecule has 2 fully saturated rings. The first-order valence-electron chi connectivity index (χ1n) is 6.89. The van der Waals surface area contributed by atoms with Crippen LogP contribution in [0.15, 0.2) is 16.8 Å². The van der Waals surface area contributed by atoms with Crippen LogP contribution in [0.1, 0.15) is 37.3 Å². The van der Waals surface area contributed by atoms with Crippen molar-refractivity contribution in [3.05, 3.63) is 22.4 Å². The normalized spacial score (nSPS) is 27.1. The van der Waals surface area contributed by atoms with E-state index < -0.39 is 0 Å². The maximum atomic E-state index is 12.6. The molecule has 2 aliphatic heterocycles. The number of halogens is 1. The molecular formula is C14H21ClN2OS. The number of nitrogens with zero attached hydrogens (tertiary/aromatic N) is 1. The maximum Gasteiger partial charge on any atom is 0.227 e. The second-order valence-corrected chi connectivity index (χ2v) is 6.07. The largest absolute Gasteiger partial charge is 0.335 e. The van der Waals surface area contributed by atoms with Crippen LogP contribution >= 0.6 is 23.7 Å². The third-order valence-corrected chi connectivity index (χ3v) is 4.81. The van der Waals surface area contributed by atoms with E-state index in [1.54, 1.807) is 11.3 Å². The topological polar surface area (TPSA) is 32.3 Å². The Morgan fingerprint density at radius 3 is 2.95 bits per heavy atom. The minimum absolute atomic E-state index is 0. The average Bonchev–Trinajstić information content (AvgIpc) is 3.09. The van der Waals surface area contributed by atoms with E-state index in [1.165, 1.54) is 5.56 Å². The number of hydrogen-bond acceptors (Lipinski definition) is 3. The molecule has 1 aromatic heterocycles. The van der Waals surface area contributed by atoms with Crippen LogP contribution in [0.3, 0.4) is 0 Å². The highest BCUT2D eigenvalue weighted by atomic mass is 35.5. The molecule has 2 saturated heterocycles. The second kappa shape index (κ2) is 6.73. The van der Waals surface area contributed by atoms with Gasteiger partial charge in [0.05, 0.1) is 12.0 Å². The molecule has 19 heavy (non-hydrogen) atoms. The van der Waals surface area contributed by atoms with E-state index in [1.807, 2.05) is 0 Å². The van der Waals surface area contributed by atoms with Crippen LogP contribution in [-0.2, 0) is 4.79 Å². The van der Waals surface area contributed by atoms with Crippen molar-refractivity contribution in [3.63, 3.8) is 0 Å². The van der Waals surface area contributed by atoms with Crippen molar-refractivity contribution >= 4 is 29.7 Å². The van der Waals surface area contributed by atoms with E-state index in [9.17, 15) is 4.79 Å². The molecule has 1 amide bonds. The standard InChI is InChI=1S/C14H20N2OS.ClH/c17-14(11-3-1-6-15-9-11)16-7-2-4-13(16)12-5-8-18-10-12;/h5,8,10-11,13,15H,1-4,6-7,9H2;1H. The van der Waals surface area contributed by atoms with Gasteiger partial charge in [0.15, 0.2) is 0 Å².